The van der Waals surface area contributed by atoms with Gasteiger partial charge in [0.05, 0.1) is 16.3 Å². The fourth-order valence-electron chi connectivity index (χ4n) is 2.97. The van der Waals surface area contributed by atoms with Gasteiger partial charge in [-0.25, -0.2) is 9.97 Å². The summed E-state index contributed by atoms with van der Waals surface area (Å²) < 4.78 is 72.3. The lowest BCUT2D eigenvalue weighted by molar-refractivity contribution is -0.141. The summed E-state index contributed by atoms with van der Waals surface area (Å²) in [4.78, 5) is 12.6. The van der Waals surface area contributed by atoms with E-state index in [0.29, 0.717) is 21.0 Å². The highest BCUT2D eigenvalue weighted by molar-refractivity contribution is 7.88. The van der Waals surface area contributed by atoms with Crippen molar-refractivity contribution in [3.63, 3.8) is 0 Å². The van der Waals surface area contributed by atoms with E-state index in [0.717, 1.165) is 17.4 Å². The Morgan fingerprint density at radius 3 is 2.36 bits per heavy atom. The molecule has 0 aliphatic carbocycles. The van der Waals surface area contributed by atoms with Gasteiger partial charge in [-0.15, -0.1) is 11.3 Å². The van der Waals surface area contributed by atoms with Gasteiger partial charge in [0.25, 0.3) is 0 Å². The Bertz CT molecular complexity index is 1470. The van der Waals surface area contributed by atoms with Crippen molar-refractivity contribution in [1.29, 1.82) is 0 Å². The van der Waals surface area contributed by atoms with Gasteiger partial charge in [0, 0.05) is 22.3 Å². The fraction of sp³-hybridized carbons (Fsp3) is 0.0952. The Balaban J connectivity index is 1.84. The predicted molar refractivity (Wildman–Crippen MR) is 119 cm³/mol. The lowest BCUT2D eigenvalue weighted by atomic mass is 10.1. The third kappa shape index (κ3) is 5.06. The first-order chi connectivity index (χ1) is 15.4. The molecular weight excluding hydrogens is 499 g/mol. The zero-order chi connectivity index (χ0) is 24.0. The Hall–Kier alpha value is -2.86. The summed E-state index contributed by atoms with van der Waals surface area (Å²) in [5.74, 6) is -0.178. The van der Waals surface area contributed by atoms with Crippen LogP contribution in [-0.2, 0) is 16.3 Å². The van der Waals surface area contributed by atoms with Crippen LogP contribution in [0, 0.1) is 6.92 Å². The molecule has 0 fully saturated rings. The number of pyridine rings is 1. The number of alkyl halides is 3. The number of halogens is 4. The number of thiophene rings is 1. The van der Waals surface area contributed by atoms with Gasteiger partial charge in [0.15, 0.2) is 5.82 Å². The number of rotatable bonds is 4. The third-order valence-electron chi connectivity index (χ3n) is 4.58. The van der Waals surface area contributed by atoms with Crippen LogP contribution < -0.4 is 0 Å². The molecule has 6 nitrogen and oxygen atoms in total. The maximum Gasteiger partial charge on any atom is 0.433 e. The number of hydrogen-bond acceptors (Lipinski definition) is 6. The molecule has 0 saturated carbocycles. The van der Waals surface area contributed by atoms with Gasteiger partial charge >= 0.3 is 16.3 Å². The molecule has 0 unspecified atom stereocenters. The highest BCUT2D eigenvalue weighted by Crippen LogP contribution is 2.35. The summed E-state index contributed by atoms with van der Waals surface area (Å²) in [6.07, 6.45) is -3.35. The van der Waals surface area contributed by atoms with E-state index in [1.807, 2.05) is 0 Å². The highest BCUT2D eigenvalue weighted by Gasteiger charge is 2.34. The predicted octanol–water partition coefficient (Wildman–Crippen LogP) is 6.16. The molecule has 12 heteroatoms. The van der Waals surface area contributed by atoms with Crippen molar-refractivity contribution in [1.82, 2.24) is 15.0 Å². The van der Waals surface area contributed by atoms with E-state index in [1.165, 1.54) is 30.5 Å². The summed E-state index contributed by atoms with van der Waals surface area (Å²) in [5.41, 5.74) is 0.614. The van der Waals surface area contributed by atoms with E-state index in [4.69, 9.17) is 11.6 Å². The van der Waals surface area contributed by atoms with E-state index in [1.54, 1.807) is 25.1 Å². The van der Waals surface area contributed by atoms with Gasteiger partial charge in [0.1, 0.15) is 9.90 Å². The van der Waals surface area contributed by atoms with Crippen LogP contribution in [0.4, 0.5) is 13.2 Å². The zero-order valence-electron chi connectivity index (χ0n) is 16.6. The van der Waals surface area contributed by atoms with Gasteiger partial charge in [-0.05, 0) is 55.0 Å². The van der Waals surface area contributed by atoms with Crippen LogP contribution >= 0.6 is 22.9 Å². The van der Waals surface area contributed by atoms with Gasteiger partial charge < -0.3 is 0 Å². The fourth-order valence-corrected chi connectivity index (χ4v) is 4.73. The molecule has 0 radical (unpaired) electrons. The van der Waals surface area contributed by atoms with Crippen LogP contribution in [0.3, 0.4) is 0 Å². The Morgan fingerprint density at radius 1 is 0.970 bits per heavy atom. The highest BCUT2D eigenvalue weighted by atomic mass is 35.5. The molecule has 0 aliphatic heterocycles. The van der Waals surface area contributed by atoms with E-state index >= 15 is 0 Å². The first-order valence-electron chi connectivity index (χ1n) is 9.19. The lowest BCUT2D eigenvalue weighted by Gasteiger charge is -2.12. The van der Waals surface area contributed by atoms with Crippen LogP contribution in [0.2, 0.25) is 5.02 Å². The van der Waals surface area contributed by atoms with Gasteiger partial charge in [-0.3, -0.25) is 9.54 Å². The van der Waals surface area contributed by atoms with Crippen LogP contribution in [0.15, 0.2) is 58.9 Å². The number of nitrogens with zero attached hydrogens (tertiary/aromatic N) is 3. The topological polar surface area (TPSA) is 93.0 Å². The first-order valence-corrected chi connectivity index (χ1v) is 11.8. The number of aromatic nitrogens is 3. The Kier molecular flexibility index (Phi) is 5.99. The van der Waals surface area contributed by atoms with Crippen molar-refractivity contribution in [3.8, 4) is 33.2 Å². The maximum atomic E-state index is 13.6. The second-order valence-electron chi connectivity index (χ2n) is 6.95. The number of hydrogen-bond donors (Lipinski definition) is 1. The quantitative estimate of drug-likeness (QED) is 0.330. The summed E-state index contributed by atoms with van der Waals surface area (Å²) >= 11 is 6.81. The summed E-state index contributed by atoms with van der Waals surface area (Å²) in [7, 11) is -4.39. The summed E-state index contributed by atoms with van der Waals surface area (Å²) in [6.45, 7) is 1.73. The summed E-state index contributed by atoms with van der Waals surface area (Å²) in [5, 5.41) is 0.475. The molecule has 4 rings (SSSR count). The number of benzene rings is 1. The SMILES string of the molecule is Cc1cc(-c2cc(C(F)(F)F)nc(-c3ccnc(-c4ccc(S(=O)(=O)O)s4)c3)n2)ccc1Cl. The van der Waals surface area contributed by atoms with Crippen molar-refractivity contribution >= 4 is 33.1 Å². The second-order valence-corrected chi connectivity index (χ2v) is 10.1. The van der Waals surface area contributed by atoms with E-state index in [-0.39, 0.29) is 27.0 Å². The first kappa shape index (κ1) is 23.3. The monoisotopic (exact) mass is 511 g/mol. The molecule has 3 heterocycles. The Morgan fingerprint density at radius 2 is 1.73 bits per heavy atom. The van der Waals surface area contributed by atoms with Crippen molar-refractivity contribution in [2.75, 3.05) is 0 Å². The minimum atomic E-state index is -4.71. The van der Waals surface area contributed by atoms with Crippen LogP contribution in [0.5, 0.6) is 0 Å². The molecule has 3 aromatic heterocycles. The van der Waals surface area contributed by atoms with Crippen molar-refractivity contribution in [3.05, 3.63) is 71.0 Å². The molecule has 1 aromatic carbocycles. The van der Waals surface area contributed by atoms with Gasteiger partial charge in [-0.1, -0.05) is 17.7 Å². The molecule has 1 N–H and O–H groups in total. The molecule has 0 amide bonds. The van der Waals surface area contributed by atoms with E-state index in [9.17, 15) is 26.1 Å². The largest absolute Gasteiger partial charge is 0.433 e. The molecule has 170 valence electrons. The smallest absolute Gasteiger partial charge is 0.281 e. The molecular formula is C21H13ClF3N3O3S2. The van der Waals surface area contributed by atoms with Crippen molar-refractivity contribution in [2.45, 2.75) is 17.3 Å². The minimum Gasteiger partial charge on any atom is -0.281 e. The molecule has 0 aliphatic rings. The van der Waals surface area contributed by atoms with E-state index in [2.05, 4.69) is 15.0 Å². The van der Waals surface area contributed by atoms with Crippen LogP contribution in [0.25, 0.3) is 33.2 Å². The summed E-state index contributed by atoms with van der Waals surface area (Å²) in [6, 6.07) is 11.2. The second kappa shape index (κ2) is 8.49. The van der Waals surface area contributed by atoms with Crippen molar-refractivity contribution < 1.29 is 26.1 Å². The standard InChI is InChI=1S/C21H13ClF3N3O3S2/c1-11-8-12(2-3-14(11)22)15-10-18(21(23,24)25)28-20(27-15)13-6-7-26-16(9-13)17-4-5-19(32-17)33(29,30)31/h2-10H,1H3,(H,29,30,31). The molecule has 0 atom stereocenters. The molecule has 33 heavy (non-hydrogen) atoms. The average molecular weight is 512 g/mol. The van der Waals surface area contributed by atoms with Crippen LogP contribution in [-0.4, -0.2) is 27.9 Å². The average Bonchev–Trinajstić information content (AvgIpc) is 3.26. The minimum absolute atomic E-state index is 0.0650. The van der Waals surface area contributed by atoms with Crippen molar-refractivity contribution in [2.24, 2.45) is 0 Å². The molecule has 4 aromatic rings. The molecule has 0 spiro atoms. The van der Waals surface area contributed by atoms with Crippen LogP contribution in [0.1, 0.15) is 11.3 Å². The Labute approximate surface area is 195 Å². The lowest BCUT2D eigenvalue weighted by Crippen LogP contribution is -2.10. The zero-order valence-corrected chi connectivity index (χ0v) is 19.0. The molecule has 0 bridgehead atoms. The number of aryl methyl sites for hydroxylation is 1. The third-order valence-corrected chi connectivity index (χ3v) is 7.43. The molecule has 0 saturated heterocycles. The van der Waals surface area contributed by atoms with Gasteiger partial charge in [0.2, 0.25) is 0 Å². The van der Waals surface area contributed by atoms with E-state index < -0.39 is 22.0 Å². The normalized spacial score (nSPS) is 12.2. The maximum absolute atomic E-state index is 13.6. The van der Waals surface area contributed by atoms with Gasteiger partial charge in [-0.2, -0.15) is 21.6 Å².